The van der Waals surface area contributed by atoms with E-state index in [1.807, 2.05) is 0 Å². The molecular formula is C13H15ClN2O3S. The lowest BCUT2D eigenvalue weighted by Gasteiger charge is -2.06. The SMILES string of the molecule is O=S(=O)(CCCCl)Nc1ccc2oc(C3CC3)nc2c1. The number of alkyl halides is 1. The maximum Gasteiger partial charge on any atom is 0.232 e. The average Bonchev–Trinajstić information content (AvgIpc) is 3.16. The molecule has 0 spiro atoms. The molecule has 5 nitrogen and oxygen atoms in total. The third kappa shape index (κ3) is 3.07. The number of fused-ring (bicyclic) bond motifs is 1. The van der Waals surface area contributed by atoms with Crippen molar-refractivity contribution in [1.29, 1.82) is 0 Å². The van der Waals surface area contributed by atoms with Gasteiger partial charge in [0, 0.05) is 11.8 Å². The predicted molar refractivity (Wildman–Crippen MR) is 78.7 cm³/mol. The fraction of sp³-hybridized carbons (Fsp3) is 0.462. The first-order chi connectivity index (χ1) is 9.57. The highest BCUT2D eigenvalue weighted by molar-refractivity contribution is 7.92. The van der Waals surface area contributed by atoms with Gasteiger partial charge in [-0.2, -0.15) is 0 Å². The number of hydrogen-bond acceptors (Lipinski definition) is 4. The molecular weight excluding hydrogens is 300 g/mol. The number of nitrogens with one attached hydrogen (secondary N) is 1. The van der Waals surface area contributed by atoms with Crippen molar-refractivity contribution in [3.63, 3.8) is 0 Å². The van der Waals surface area contributed by atoms with E-state index in [1.54, 1.807) is 18.2 Å². The second kappa shape index (κ2) is 5.26. The van der Waals surface area contributed by atoms with Crippen LogP contribution < -0.4 is 4.72 Å². The molecule has 0 aliphatic heterocycles. The van der Waals surface area contributed by atoms with E-state index in [0.717, 1.165) is 18.7 Å². The van der Waals surface area contributed by atoms with E-state index in [9.17, 15) is 8.42 Å². The van der Waals surface area contributed by atoms with E-state index in [-0.39, 0.29) is 5.75 Å². The minimum absolute atomic E-state index is 0.0146. The zero-order valence-corrected chi connectivity index (χ0v) is 12.4. The highest BCUT2D eigenvalue weighted by Crippen LogP contribution is 2.40. The van der Waals surface area contributed by atoms with Gasteiger partial charge in [-0.3, -0.25) is 4.72 Å². The van der Waals surface area contributed by atoms with Crippen LogP contribution in [0.1, 0.15) is 31.1 Å². The molecule has 0 atom stereocenters. The first-order valence-electron chi connectivity index (χ1n) is 6.54. The molecule has 7 heteroatoms. The Bertz CT molecular complexity index is 722. The Labute approximate surface area is 122 Å². The van der Waals surface area contributed by atoms with Crippen LogP contribution in [0.15, 0.2) is 22.6 Å². The molecule has 1 heterocycles. The number of halogens is 1. The molecule has 0 bridgehead atoms. The standard InChI is InChI=1S/C13H15ClN2O3S/c14-6-1-7-20(17,18)16-10-4-5-12-11(8-10)15-13(19-12)9-2-3-9/h4-5,8-9,16H,1-3,6-7H2. The van der Waals surface area contributed by atoms with Crippen molar-refractivity contribution in [2.24, 2.45) is 0 Å². The lowest BCUT2D eigenvalue weighted by Crippen LogP contribution is -2.16. The average molecular weight is 315 g/mol. The molecule has 108 valence electrons. The van der Waals surface area contributed by atoms with E-state index in [4.69, 9.17) is 16.0 Å². The predicted octanol–water partition coefficient (Wildman–Crippen LogP) is 3.08. The van der Waals surface area contributed by atoms with Crippen LogP contribution in [0.25, 0.3) is 11.1 Å². The lowest BCUT2D eigenvalue weighted by molar-refractivity contribution is 0.533. The monoisotopic (exact) mass is 314 g/mol. The highest BCUT2D eigenvalue weighted by Gasteiger charge is 2.28. The molecule has 1 N–H and O–H groups in total. The number of rotatable bonds is 6. The molecule has 0 radical (unpaired) electrons. The summed E-state index contributed by atoms with van der Waals surface area (Å²) < 4.78 is 31.8. The van der Waals surface area contributed by atoms with Gasteiger partial charge in [0.25, 0.3) is 0 Å². The van der Waals surface area contributed by atoms with Crippen molar-refractivity contribution in [3.8, 4) is 0 Å². The second-order valence-electron chi connectivity index (χ2n) is 4.97. The van der Waals surface area contributed by atoms with Gasteiger partial charge in [0.15, 0.2) is 11.5 Å². The Morgan fingerprint density at radius 2 is 2.20 bits per heavy atom. The molecule has 0 amide bonds. The molecule has 2 aromatic rings. The summed E-state index contributed by atoms with van der Waals surface area (Å²) in [5.41, 5.74) is 1.88. The molecule has 3 rings (SSSR count). The molecule has 0 saturated heterocycles. The van der Waals surface area contributed by atoms with Gasteiger partial charge in [0.2, 0.25) is 10.0 Å². The number of oxazole rings is 1. The van der Waals surface area contributed by atoms with E-state index in [1.165, 1.54) is 0 Å². The number of hydrogen-bond donors (Lipinski definition) is 1. The smallest absolute Gasteiger partial charge is 0.232 e. The Balaban J connectivity index is 1.81. The minimum Gasteiger partial charge on any atom is -0.440 e. The van der Waals surface area contributed by atoms with Gasteiger partial charge in [0.05, 0.1) is 11.4 Å². The fourth-order valence-electron chi connectivity index (χ4n) is 1.99. The summed E-state index contributed by atoms with van der Waals surface area (Å²) >= 11 is 5.51. The molecule has 1 aromatic heterocycles. The maximum atomic E-state index is 11.8. The third-order valence-electron chi connectivity index (χ3n) is 3.15. The quantitative estimate of drug-likeness (QED) is 0.832. The van der Waals surface area contributed by atoms with Gasteiger partial charge in [-0.25, -0.2) is 13.4 Å². The molecule has 20 heavy (non-hydrogen) atoms. The largest absolute Gasteiger partial charge is 0.440 e. The Hall–Kier alpha value is -1.27. The summed E-state index contributed by atoms with van der Waals surface area (Å²) in [4.78, 5) is 4.40. The first kappa shape index (κ1) is 13.7. The molecule has 1 aliphatic rings. The summed E-state index contributed by atoms with van der Waals surface area (Å²) in [7, 11) is -3.36. The topological polar surface area (TPSA) is 72.2 Å². The van der Waals surface area contributed by atoms with Crippen LogP contribution in [0.3, 0.4) is 0 Å². The van der Waals surface area contributed by atoms with E-state index >= 15 is 0 Å². The van der Waals surface area contributed by atoms with Gasteiger partial charge in [-0.05, 0) is 37.5 Å². The summed E-state index contributed by atoms with van der Waals surface area (Å²) in [6.07, 6.45) is 2.66. The van der Waals surface area contributed by atoms with E-state index < -0.39 is 10.0 Å². The van der Waals surface area contributed by atoms with Crippen LogP contribution in [0.5, 0.6) is 0 Å². The van der Waals surface area contributed by atoms with Gasteiger partial charge in [-0.15, -0.1) is 11.6 Å². The fourth-order valence-corrected chi connectivity index (χ4v) is 3.39. The summed E-state index contributed by atoms with van der Waals surface area (Å²) in [5.74, 6) is 1.53. The molecule has 1 aliphatic carbocycles. The van der Waals surface area contributed by atoms with Crippen LogP contribution in [0, 0.1) is 0 Å². The van der Waals surface area contributed by atoms with E-state index in [2.05, 4.69) is 9.71 Å². The van der Waals surface area contributed by atoms with Crippen molar-refractivity contribution in [3.05, 3.63) is 24.1 Å². The number of sulfonamides is 1. The van der Waals surface area contributed by atoms with Gasteiger partial charge >= 0.3 is 0 Å². The van der Waals surface area contributed by atoms with E-state index in [0.29, 0.717) is 35.0 Å². The highest BCUT2D eigenvalue weighted by atomic mass is 35.5. The van der Waals surface area contributed by atoms with Crippen LogP contribution in [-0.4, -0.2) is 25.0 Å². The van der Waals surface area contributed by atoms with Gasteiger partial charge < -0.3 is 4.42 Å². The Morgan fingerprint density at radius 1 is 1.40 bits per heavy atom. The first-order valence-corrected chi connectivity index (χ1v) is 8.73. The summed E-state index contributed by atoms with van der Waals surface area (Å²) in [5, 5.41) is 0. The van der Waals surface area contributed by atoms with Crippen molar-refractivity contribution in [1.82, 2.24) is 4.98 Å². The van der Waals surface area contributed by atoms with Crippen LogP contribution in [-0.2, 0) is 10.0 Å². The molecule has 1 aromatic carbocycles. The van der Waals surface area contributed by atoms with Crippen molar-refractivity contribution in [2.75, 3.05) is 16.4 Å². The number of aromatic nitrogens is 1. The summed E-state index contributed by atoms with van der Waals surface area (Å²) in [6, 6.07) is 5.12. The molecule has 0 unspecified atom stereocenters. The van der Waals surface area contributed by atoms with Crippen molar-refractivity contribution in [2.45, 2.75) is 25.2 Å². The zero-order chi connectivity index (χ0) is 14.2. The summed E-state index contributed by atoms with van der Waals surface area (Å²) in [6.45, 7) is 0. The van der Waals surface area contributed by atoms with Crippen LogP contribution >= 0.6 is 11.6 Å². The maximum absolute atomic E-state index is 11.8. The minimum atomic E-state index is -3.36. The molecule has 1 saturated carbocycles. The Kier molecular flexibility index (Phi) is 3.60. The number of nitrogens with zero attached hydrogens (tertiary/aromatic N) is 1. The zero-order valence-electron chi connectivity index (χ0n) is 10.8. The van der Waals surface area contributed by atoms with Gasteiger partial charge in [-0.1, -0.05) is 0 Å². The Morgan fingerprint density at radius 3 is 2.90 bits per heavy atom. The second-order valence-corrected chi connectivity index (χ2v) is 7.19. The normalized spacial score (nSPS) is 15.7. The number of anilines is 1. The van der Waals surface area contributed by atoms with Crippen molar-refractivity contribution >= 4 is 38.4 Å². The molecule has 1 fully saturated rings. The van der Waals surface area contributed by atoms with Crippen LogP contribution in [0.4, 0.5) is 5.69 Å². The van der Waals surface area contributed by atoms with Gasteiger partial charge in [0.1, 0.15) is 5.52 Å². The van der Waals surface area contributed by atoms with Crippen LogP contribution in [0.2, 0.25) is 0 Å². The lowest BCUT2D eigenvalue weighted by atomic mass is 10.3. The van der Waals surface area contributed by atoms with Crippen molar-refractivity contribution < 1.29 is 12.8 Å². The number of benzene rings is 1. The third-order valence-corrected chi connectivity index (χ3v) is 4.79.